The lowest BCUT2D eigenvalue weighted by atomic mass is 13.4. The van der Waals surface area contributed by atoms with Crippen molar-refractivity contribution >= 4 is 7.82 Å². The van der Waals surface area contributed by atoms with Gasteiger partial charge in [0, 0.05) is 0 Å². The molecule has 0 aromatic carbocycles. The molecule has 0 heterocycles. The molecule has 8 heteroatoms. The van der Waals surface area contributed by atoms with Crippen LogP contribution in [0.5, 0.6) is 0 Å². The van der Waals surface area contributed by atoms with Crippen molar-refractivity contribution < 1.29 is 24.5 Å². The predicted molar refractivity (Wildman–Crippen MR) is 21.8 cm³/mol. The van der Waals surface area contributed by atoms with Crippen molar-refractivity contribution in [2.45, 2.75) is 0 Å². The van der Waals surface area contributed by atoms with Crippen LogP contribution < -0.4 is 0 Å². The van der Waals surface area contributed by atoms with Gasteiger partial charge in [0.15, 0.2) is 5.34 Å². The monoisotopic (exact) mass is 145 g/mol. The minimum Gasteiger partial charge on any atom is -0.379 e. The van der Waals surface area contributed by atoms with Crippen LogP contribution in [0, 0.1) is 4.91 Å². The highest BCUT2D eigenvalue weighted by Crippen LogP contribution is 2.25. The largest absolute Gasteiger partial charge is 0.466 e. The molecular formula is H4NO6P. The lowest BCUT2D eigenvalue weighted by Crippen LogP contribution is -1.66. The van der Waals surface area contributed by atoms with Crippen LogP contribution in [-0.4, -0.2) is 19.9 Å². The molecule has 0 aliphatic rings. The van der Waals surface area contributed by atoms with Crippen LogP contribution in [0.3, 0.4) is 0 Å². The zero-order valence-electron chi connectivity index (χ0n) is 3.50. The lowest BCUT2D eigenvalue weighted by molar-refractivity contribution is 0.275. The molecule has 8 heavy (non-hydrogen) atoms. The van der Waals surface area contributed by atoms with E-state index in [4.69, 9.17) is 29.4 Å². The molecule has 0 bridgehead atoms. The predicted octanol–water partition coefficient (Wildman–Crippen LogP) is -0.787. The van der Waals surface area contributed by atoms with Gasteiger partial charge in [0.1, 0.15) is 0 Å². The molecule has 0 aromatic rings. The van der Waals surface area contributed by atoms with Crippen molar-refractivity contribution in [3.63, 3.8) is 0 Å². The molecule has 0 aromatic heterocycles. The maximum absolute atomic E-state index is 8.88. The Morgan fingerprint density at radius 2 is 1.25 bits per heavy atom. The van der Waals surface area contributed by atoms with Crippen LogP contribution in [-0.2, 0) is 4.57 Å². The van der Waals surface area contributed by atoms with Crippen molar-refractivity contribution in [1.82, 2.24) is 0 Å². The summed E-state index contributed by atoms with van der Waals surface area (Å²) in [6.07, 6.45) is 0. The van der Waals surface area contributed by atoms with Gasteiger partial charge >= 0.3 is 7.82 Å². The van der Waals surface area contributed by atoms with E-state index >= 15 is 0 Å². The van der Waals surface area contributed by atoms with Crippen LogP contribution in [0.4, 0.5) is 0 Å². The van der Waals surface area contributed by atoms with Gasteiger partial charge in [-0.1, -0.05) is 0 Å². The zero-order valence-corrected chi connectivity index (χ0v) is 4.39. The van der Waals surface area contributed by atoms with Crippen LogP contribution in [0.25, 0.3) is 0 Å². The highest BCUT2D eigenvalue weighted by atomic mass is 31.2. The lowest BCUT2D eigenvalue weighted by Gasteiger charge is -1.82. The Balaban J connectivity index is 0. The SMILES string of the molecule is O=NO.O=P(O)(O)O. The van der Waals surface area contributed by atoms with Gasteiger partial charge in [-0.05, 0) is 0 Å². The number of hydrogen-bond acceptors (Lipinski definition) is 3. The quantitative estimate of drug-likeness (QED) is 0.201. The zero-order chi connectivity index (χ0) is 7.21. The Morgan fingerprint density at radius 1 is 1.25 bits per heavy atom. The summed E-state index contributed by atoms with van der Waals surface area (Å²) >= 11 is 0. The maximum Gasteiger partial charge on any atom is 0.466 e. The second-order valence-electron chi connectivity index (χ2n) is 0.595. The highest BCUT2D eigenvalue weighted by molar-refractivity contribution is 7.45. The van der Waals surface area contributed by atoms with Crippen LogP contribution in [0.15, 0.2) is 5.34 Å². The van der Waals surface area contributed by atoms with Crippen LogP contribution >= 0.6 is 7.82 Å². The smallest absolute Gasteiger partial charge is 0.379 e. The molecule has 0 atom stereocenters. The molecule has 7 nitrogen and oxygen atoms in total. The topological polar surface area (TPSA) is 127 Å². The summed E-state index contributed by atoms with van der Waals surface area (Å²) in [5.41, 5.74) is 0. The molecule has 0 aliphatic heterocycles. The molecule has 0 unspecified atom stereocenters. The van der Waals surface area contributed by atoms with E-state index in [1.807, 2.05) is 0 Å². The molecule has 4 N–H and O–H groups in total. The number of rotatable bonds is 0. The first kappa shape index (κ1) is 10.5. The van der Waals surface area contributed by atoms with E-state index in [1.54, 1.807) is 0 Å². The van der Waals surface area contributed by atoms with Crippen molar-refractivity contribution in [3.8, 4) is 0 Å². The van der Waals surface area contributed by atoms with Crippen LogP contribution in [0.1, 0.15) is 0 Å². The summed E-state index contributed by atoms with van der Waals surface area (Å²) in [5, 5.41) is 7.89. The van der Waals surface area contributed by atoms with Gasteiger partial charge in [0.2, 0.25) is 0 Å². The molecule has 0 fully saturated rings. The molecule has 0 radical (unpaired) electrons. The second kappa shape index (κ2) is 4.66. The Bertz CT molecular complexity index is 82.4. The third kappa shape index (κ3) is 467. The van der Waals surface area contributed by atoms with Gasteiger partial charge in [0.05, 0.1) is 0 Å². The molecule has 50 valence electrons. The third-order valence-electron chi connectivity index (χ3n) is 0. The summed E-state index contributed by atoms with van der Waals surface area (Å²) in [6.45, 7) is 0. The molecule has 0 amide bonds. The summed E-state index contributed by atoms with van der Waals surface area (Å²) in [7, 11) is -4.64. The number of hydrogen-bond donors (Lipinski definition) is 4. The van der Waals surface area contributed by atoms with E-state index in [0.29, 0.717) is 0 Å². The first-order chi connectivity index (χ1) is 3.41. The van der Waals surface area contributed by atoms with Crippen molar-refractivity contribution in [2.24, 2.45) is 5.34 Å². The Hall–Kier alpha value is -0.490. The van der Waals surface area contributed by atoms with Gasteiger partial charge in [-0.3, -0.25) is 0 Å². The van der Waals surface area contributed by atoms with Gasteiger partial charge in [0.25, 0.3) is 0 Å². The van der Waals surface area contributed by atoms with E-state index in [1.165, 1.54) is 5.34 Å². The molecule has 0 spiro atoms. The summed E-state index contributed by atoms with van der Waals surface area (Å²) in [5.74, 6) is 0. The van der Waals surface area contributed by atoms with Crippen LogP contribution in [0.2, 0.25) is 0 Å². The fraction of sp³-hybridized carbons (Fsp3) is 0. The fourth-order valence-electron chi connectivity index (χ4n) is 0. The van der Waals surface area contributed by atoms with E-state index < -0.39 is 7.82 Å². The normalized spacial score (nSPS) is 8.88. The second-order valence-corrected chi connectivity index (χ2v) is 1.62. The number of nitrogens with zero attached hydrogens (tertiary/aromatic N) is 1. The summed E-state index contributed by atoms with van der Waals surface area (Å²) in [4.78, 5) is 29.7. The Kier molecular flexibility index (Phi) is 6.11. The van der Waals surface area contributed by atoms with E-state index in [-0.39, 0.29) is 0 Å². The third-order valence-corrected chi connectivity index (χ3v) is 0. The van der Waals surface area contributed by atoms with E-state index in [2.05, 4.69) is 0 Å². The minimum absolute atomic E-state index is 1.25. The van der Waals surface area contributed by atoms with E-state index in [9.17, 15) is 0 Å². The van der Waals surface area contributed by atoms with Crippen molar-refractivity contribution in [2.75, 3.05) is 0 Å². The van der Waals surface area contributed by atoms with Gasteiger partial charge < -0.3 is 19.9 Å². The van der Waals surface area contributed by atoms with Crippen molar-refractivity contribution in [3.05, 3.63) is 4.91 Å². The molecular weight excluding hydrogens is 141 g/mol. The summed E-state index contributed by atoms with van der Waals surface area (Å²) in [6, 6.07) is 0. The molecule has 0 saturated heterocycles. The average molecular weight is 145 g/mol. The first-order valence-electron chi connectivity index (χ1n) is 1.17. The first-order valence-corrected chi connectivity index (χ1v) is 2.73. The Morgan fingerprint density at radius 3 is 1.25 bits per heavy atom. The number of phosphoric acid groups is 1. The molecule has 0 saturated carbocycles. The Labute approximate surface area is 43.8 Å². The maximum atomic E-state index is 8.88. The minimum atomic E-state index is -4.64. The molecule has 0 rings (SSSR count). The van der Waals surface area contributed by atoms with Gasteiger partial charge in [-0.25, -0.2) is 4.57 Å². The van der Waals surface area contributed by atoms with Gasteiger partial charge in [-0.2, -0.15) is 0 Å². The van der Waals surface area contributed by atoms with Gasteiger partial charge in [-0.15, -0.1) is 4.91 Å². The molecule has 0 aliphatic carbocycles. The summed E-state index contributed by atoms with van der Waals surface area (Å²) < 4.78 is 8.88. The van der Waals surface area contributed by atoms with E-state index in [0.717, 1.165) is 0 Å². The fourth-order valence-corrected chi connectivity index (χ4v) is 0. The standard InChI is InChI=1S/HNO2.H3O4P/c2-1-3;1-5(2,3)4/h(H,2,3);(H3,1,2,3,4). The average Bonchev–Trinajstić information content (AvgIpc) is 1.27. The highest BCUT2D eigenvalue weighted by Gasteiger charge is 2.00. The van der Waals surface area contributed by atoms with Crippen molar-refractivity contribution in [1.29, 1.82) is 0 Å².